The number of thioether (sulfide) groups is 1. The Balaban J connectivity index is 2.44. The number of anilines is 1. The molecule has 0 radical (unpaired) electrons. The van der Waals surface area contributed by atoms with Crippen molar-refractivity contribution < 1.29 is 8.42 Å². The van der Waals surface area contributed by atoms with Gasteiger partial charge in [-0.25, -0.2) is 8.42 Å². The molecule has 0 saturated heterocycles. The number of nitrogens with one attached hydrogen (secondary N) is 1. The molecule has 1 N–H and O–H groups in total. The Kier molecular flexibility index (Phi) is 4.86. The molecular formula is C13H11Cl2NO2S2. The molecule has 0 aliphatic carbocycles. The summed E-state index contributed by atoms with van der Waals surface area (Å²) in [6, 6.07) is 11.6. The Bertz CT molecular complexity index is 733. The molecule has 2 aromatic rings. The first-order chi connectivity index (χ1) is 9.45. The maximum Gasteiger partial charge on any atom is 0.263 e. The molecule has 0 aromatic heterocycles. The molecule has 0 amide bonds. The molecule has 0 spiro atoms. The highest BCUT2D eigenvalue weighted by atomic mass is 35.5. The number of para-hydroxylation sites is 1. The van der Waals surface area contributed by atoms with Gasteiger partial charge >= 0.3 is 0 Å². The number of rotatable bonds is 4. The summed E-state index contributed by atoms with van der Waals surface area (Å²) < 4.78 is 27.3. The van der Waals surface area contributed by atoms with Gasteiger partial charge in [0.15, 0.2) is 0 Å². The van der Waals surface area contributed by atoms with Crippen LogP contribution in [-0.4, -0.2) is 14.7 Å². The van der Waals surface area contributed by atoms with Crippen molar-refractivity contribution in [2.24, 2.45) is 0 Å². The lowest BCUT2D eigenvalue weighted by atomic mass is 10.3. The Hall–Kier alpha value is -0.880. The molecule has 20 heavy (non-hydrogen) atoms. The standard InChI is InChI=1S/C13H11Cl2NO2S2/c1-19-11-7-3-2-6-10(11)16-20(17,18)12-8-4-5-9(14)13(12)15/h2-8,16H,1H3. The van der Waals surface area contributed by atoms with Crippen LogP contribution in [0.15, 0.2) is 52.3 Å². The van der Waals surface area contributed by atoms with Crippen LogP contribution in [0.2, 0.25) is 10.0 Å². The first kappa shape index (κ1) is 15.5. The maximum atomic E-state index is 12.4. The van der Waals surface area contributed by atoms with Gasteiger partial charge in [-0.05, 0) is 30.5 Å². The Morgan fingerprint density at radius 1 is 1.05 bits per heavy atom. The average molecular weight is 348 g/mol. The van der Waals surface area contributed by atoms with Gasteiger partial charge in [0.25, 0.3) is 10.0 Å². The summed E-state index contributed by atoms with van der Waals surface area (Å²) >= 11 is 13.3. The third-order valence-corrected chi connectivity index (χ3v) is 5.69. The quantitative estimate of drug-likeness (QED) is 0.827. The fourth-order valence-corrected chi connectivity index (χ4v) is 4.08. The lowest BCUT2D eigenvalue weighted by molar-refractivity contribution is 0.601. The number of benzene rings is 2. The summed E-state index contributed by atoms with van der Waals surface area (Å²) in [4.78, 5) is 0.789. The predicted octanol–water partition coefficient (Wildman–Crippen LogP) is 4.52. The number of hydrogen-bond donors (Lipinski definition) is 1. The van der Waals surface area contributed by atoms with E-state index < -0.39 is 10.0 Å². The first-order valence-corrected chi connectivity index (χ1v) is 9.02. The van der Waals surface area contributed by atoms with E-state index in [0.717, 1.165) is 4.90 Å². The van der Waals surface area contributed by atoms with Crippen molar-refractivity contribution in [2.45, 2.75) is 9.79 Å². The molecule has 3 nitrogen and oxygen atoms in total. The van der Waals surface area contributed by atoms with Crippen LogP contribution < -0.4 is 4.72 Å². The summed E-state index contributed by atoms with van der Waals surface area (Å²) in [6.07, 6.45) is 1.87. The maximum absolute atomic E-state index is 12.4. The van der Waals surface area contributed by atoms with Crippen molar-refractivity contribution in [3.05, 3.63) is 52.5 Å². The monoisotopic (exact) mass is 347 g/mol. The van der Waals surface area contributed by atoms with E-state index in [0.29, 0.717) is 5.69 Å². The zero-order chi connectivity index (χ0) is 14.8. The molecule has 0 fully saturated rings. The van der Waals surface area contributed by atoms with E-state index in [1.165, 1.54) is 17.8 Å². The molecule has 2 aromatic carbocycles. The highest BCUT2D eigenvalue weighted by Crippen LogP contribution is 2.32. The summed E-state index contributed by atoms with van der Waals surface area (Å²) in [6.45, 7) is 0. The molecule has 0 aliphatic heterocycles. The largest absolute Gasteiger partial charge is 0.278 e. The number of sulfonamides is 1. The van der Waals surface area contributed by atoms with E-state index in [-0.39, 0.29) is 14.9 Å². The van der Waals surface area contributed by atoms with Crippen molar-refractivity contribution in [1.29, 1.82) is 0 Å². The molecule has 0 atom stereocenters. The molecule has 2 rings (SSSR count). The van der Waals surface area contributed by atoms with Crippen LogP contribution in [0.5, 0.6) is 0 Å². The van der Waals surface area contributed by atoms with Gasteiger partial charge in [-0.1, -0.05) is 41.4 Å². The molecule has 0 saturated carbocycles. The van der Waals surface area contributed by atoms with E-state index in [1.54, 1.807) is 24.3 Å². The van der Waals surface area contributed by atoms with E-state index in [2.05, 4.69) is 4.72 Å². The summed E-state index contributed by atoms with van der Waals surface area (Å²) in [7, 11) is -3.78. The van der Waals surface area contributed by atoms with Crippen LogP contribution in [-0.2, 0) is 10.0 Å². The number of hydrogen-bond acceptors (Lipinski definition) is 3. The van der Waals surface area contributed by atoms with Gasteiger partial charge in [-0.15, -0.1) is 11.8 Å². The zero-order valence-corrected chi connectivity index (χ0v) is 13.6. The second kappa shape index (κ2) is 6.26. The van der Waals surface area contributed by atoms with Crippen LogP contribution in [0.25, 0.3) is 0 Å². The predicted molar refractivity (Wildman–Crippen MR) is 85.5 cm³/mol. The van der Waals surface area contributed by atoms with Gasteiger partial charge in [-0.3, -0.25) is 4.72 Å². The van der Waals surface area contributed by atoms with Crippen molar-refractivity contribution in [3.63, 3.8) is 0 Å². The lowest BCUT2D eigenvalue weighted by Gasteiger charge is -2.12. The fraction of sp³-hybridized carbons (Fsp3) is 0.0769. The third kappa shape index (κ3) is 3.23. The van der Waals surface area contributed by atoms with Gasteiger partial charge in [-0.2, -0.15) is 0 Å². The van der Waals surface area contributed by atoms with Gasteiger partial charge in [0.2, 0.25) is 0 Å². The SMILES string of the molecule is CSc1ccccc1NS(=O)(=O)c1cccc(Cl)c1Cl. The lowest BCUT2D eigenvalue weighted by Crippen LogP contribution is -2.14. The minimum Gasteiger partial charge on any atom is -0.278 e. The summed E-state index contributed by atoms with van der Waals surface area (Å²) in [5, 5.41) is 0.219. The zero-order valence-electron chi connectivity index (χ0n) is 10.4. The fourth-order valence-electron chi connectivity index (χ4n) is 1.62. The highest BCUT2D eigenvalue weighted by molar-refractivity contribution is 7.99. The van der Waals surface area contributed by atoms with Gasteiger partial charge < -0.3 is 0 Å². The van der Waals surface area contributed by atoms with E-state index in [4.69, 9.17) is 23.2 Å². The van der Waals surface area contributed by atoms with Crippen LogP contribution in [0.1, 0.15) is 0 Å². The molecule has 106 valence electrons. The molecule has 0 heterocycles. The Labute approximate surface area is 132 Å². The van der Waals surface area contributed by atoms with Crippen molar-refractivity contribution in [1.82, 2.24) is 0 Å². The summed E-state index contributed by atoms with van der Waals surface area (Å²) in [5.74, 6) is 0. The molecular weight excluding hydrogens is 337 g/mol. The minimum atomic E-state index is -3.78. The molecule has 7 heteroatoms. The average Bonchev–Trinajstić information content (AvgIpc) is 2.42. The highest BCUT2D eigenvalue weighted by Gasteiger charge is 2.20. The second-order valence-corrected chi connectivity index (χ2v) is 7.14. The topological polar surface area (TPSA) is 46.2 Å². The van der Waals surface area contributed by atoms with Crippen LogP contribution >= 0.6 is 35.0 Å². The Morgan fingerprint density at radius 2 is 1.75 bits per heavy atom. The third-order valence-electron chi connectivity index (χ3n) is 2.56. The van der Waals surface area contributed by atoms with Crippen molar-refractivity contribution in [3.8, 4) is 0 Å². The van der Waals surface area contributed by atoms with Crippen molar-refractivity contribution >= 4 is 50.7 Å². The van der Waals surface area contributed by atoms with Gasteiger partial charge in [0.05, 0.1) is 15.7 Å². The first-order valence-electron chi connectivity index (χ1n) is 5.55. The molecule has 0 aliphatic rings. The minimum absolute atomic E-state index is 0.0169. The smallest absolute Gasteiger partial charge is 0.263 e. The molecule has 0 bridgehead atoms. The van der Waals surface area contributed by atoms with Crippen LogP contribution in [0.3, 0.4) is 0 Å². The van der Waals surface area contributed by atoms with E-state index in [9.17, 15) is 8.42 Å². The molecule has 0 unspecified atom stereocenters. The summed E-state index contributed by atoms with van der Waals surface area (Å²) in [5.41, 5.74) is 0.510. The van der Waals surface area contributed by atoms with Gasteiger partial charge in [0, 0.05) is 4.90 Å². The second-order valence-electron chi connectivity index (χ2n) is 3.86. The number of halogens is 2. The van der Waals surface area contributed by atoms with Crippen LogP contribution in [0.4, 0.5) is 5.69 Å². The van der Waals surface area contributed by atoms with Crippen LogP contribution in [0, 0.1) is 0 Å². The van der Waals surface area contributed by atoms with E-state index in [1.807, 2.05) is 18.4 Å². The van der Waals surface area contributed by atoms with Crippen molar-refractivity contribution in [2.75, 3.05) is 11.0 Å². The van der Waals surface area contributed by atoms with E-state index >= 15 is 0 Å². The Morgan fingerprint density at radius 3 is 2.45 bits per heavy atom. The normalized spacial score (nSPS) is 11.3. The van der Waals surface area contributed by atoms with Gasteiger partial charge in [0.1, 0.15) is 4.90 Å².